The van der Waals surface area contributed by atoms with E-state index >= 15 is 0 Å². The van der Waals surface area contributed by atoms with Crippen LogP contribution in [0.5, 0.6) is 0 Å². The molecule has 0 saturated heterocycles. The van der Waals surface area contributed by atoms with Gasteiger partial charge in [-0.3, -0.25) is 28.8 Å². The topological polar surface area (TPSA) is 256 Å². The third-order valence-electron chi connectivity index (χ3n) is 14.1. The first-order valence-corrected chi connectivity index (χ1v) is 40.8. The molecule has 0 radical (unpaired) electrons. The van der Waals surface area contributed by atoms with Gasteiger partial charge in [0.25, 0.3) is 5.91 Å². The lowest BCUT2D eigenvalue weighted by Crippen LogP contribution is -2.45. The molecule has 1 heterocycles. The first kappa shape index (κ1) is 119. The number of nitrogens with zero attached hydrogens (tertiary/aromatic N) is 3. The summed E-state index contributed by atoms with van der Waals surface area (Å²) in [5.74, 6) is 3.63. The van der Waals surface area contributed by atoms with Crippen LogP contribution in [0, 0.1) is 51.8 Å². The van der Waals surface area contributed by atoms with E-state index in [-0.39, 0.29) is 90.8 Å². The fraction of sp³-hybridized carbons (Fsp3) is 0.622. The van der Waals surface area contributed by atoms with E-state index in [9.17, 15) is 45.6 Å². The van der Waals surface area contributed by atoms with E-state index in [0.29, 0.717) is 11.7 Å². The zero-order valence-corrected chi connectivity index (χ0v) is 77.7. The second-order valence-electron chi connectivity index (χ2n) is 37.1. The summed E-state index contributed by atoms with van der Waals surface area (Å²) in [6.07, 6.45) is 33.9. The molecular weight excluding hydrogens is 1440 g/mol. The molecule has 630 valence electrons. The zero-order valence-electron chi connectivity index (χ0n) is 75.3. The van der Waals surface area contributed by atoms with Gasteiger partial charge in [0.15, 0.2) is 21.4 Å². The summed E-state index contributed by atoms with van der Waals surface area (Å²) in [6.45, 7) is 91.9. The average Bonchev–Trinajstić information content (AvgIpc) is 1.22. The number of ketones is 3. The van der Waals surface area contributed by atoms with Crippen LogP contribution in [0.3, 0.4) is 0 Å². The predicted octanol–water partition coefficient (Wildman–Crippen LogP) is 20.8. The standard InChI is InChI=1S/C12H20.C11H18.C10H19NO.C9H16O2.C8H11ClN2.C7H13NO.C7H11NO.C7H12O.C7H10O.C6H13NO2S.C6H12O2S/c1-10(12(2,3)4)11-8-6-5-7-9-11;1-9(11(2,3)4)10-7-5-6-8-10;1-6-8-11(9(12)7-2)10(3,4)5;1-9(2,3)8(11)6-4-5-7-10;1-8(2,3)6-4-5-10-7(9)11-6;2*1-5-6(9)8-7(2,3)4;2*1-5-6(8)7(2,3)4;1-5-10(8,9)7-6(2,3)4;1-5-9(7,8)6(2,3)4/h8H,1,5-7,9H2,2-4H3;7H,1,5-6,8H2,2-4H3;7H,2,6,8H2,1,3-5H3;4,6,10H,5,7H2,1-3H3;4-5H,1-3H3;5H,1H2,2-4H3,(H,8,9);1H,2-4H3,(H,8,9);5H,1H2,2-4H3;1H,2-4H3;5,7H,1H2,2-4H3;5H,1H2,2-4H3/b;;;6-4+;;;;;;;. The Morgan fingerprint density at radius 1 is 0.573 bits per heavy atom. The summed E-state index contributed by atoms with van der Waals surface area (Å²) in [6, 6.07) is 1.88. The molecule has 0 fully saturated rings. The average molecular weight is 1600 g/mol. The fourth-order valence-corrected chi connectivity index (χ4v) is 9.02. The van der Waals surface area contributed by atoms with Crippen LogP contribution < -0.4 is 15.4 Å². The Labute approximate surface area is 678 Å². The summed E-state index contributed by atoms with van der Waals surface area (Å²) in [5.41, 5.74) is 5.40. The van der Waals surface area contributed by atoms with E-state index in [1.54, 1.807) is 74.6 Å². The van der Waals surface area contributed by atoms with Crippen molar-refractivity contribution in [2.75, 3.05) is 13.2 Å². The van der Waals surface area contributed by atoms with Crippen molar-refractivity contribution >= 4 is 66.5 Å². The maximum atomic E-state index is 11.4. The number of hydrogen-bond donors (Lipinski definition) is 4. The van der Waals surface area contributed by atoms with Gasteiger partial charge in [-0.15, -0.1) is 12.8 Å². The number of terminal acetylenes is 2. The number of nitrogens with one attached hydrogen (secondary N) is 3. The van der Waals surface area contributed by atoms with Gasteiger partial charge in [-0.05, 0) is 249 Å². The molecule has 3 amide bonds. The van der Waals surface area contributed by atoms with Crippen molar-refractivity contribution in [3.63, 3.8) is 0 Å². The van der Waals surface area contributed by atoms with Crippen LogP contribution >= 0.6 is 11.6 Å². The Morgan fingerprint density at radius 2 is 1.00 bits per heavy atom. The molecule has 0 spiro atoms. The second-order valence-corrected chi connectivity index (χ2v) is 41.7. The molecule has 3 rings (SSSR count). The number of hydrogen-bond acceptors (Lipinski definition) is 13. The molecule has 0 aromatic carbocycles. The quantitative estimate of drug-likeness (QED) is 0.0621. The number of carbonyl (C=O) groups excluding carboxylic acids is 6. The van der Waals surface area contributed by atoms with Gasteiger partial charge in [-0.2, -0.15) is 0 Å². The first-order chi connectivity index (χ1) is 48.9. The third kappa shape index (κ3) is 69.1. The second kappa shape index (κ2) is 54.0. The Morgan fingerprint density at radius 3 is 1.19 bits per heavy atom. The van der Waals surface area contributed by atoms with Crippen LogP contribution in [-0.2, 0) is 54.0 Å². The smallest absolute Gasteiger partial charge is 0.296 e. The van der Waals surface area contributed by atoms with Gasteiger partial charge in [0.1, 0.15) is 0 Å². The van der Waals surface area contributed by atoms with E-state index in [1.165, 1.54) is 91.5 Å². The highest BCUT2D eigenvalue weighted by atomic mass is 35.5. The Hall–Kier alpha value is -6.87. The van der Waals surface area contributed by atoms with Crippen molar-refractivity contribution in [2.45, 2.75) is 326 Å². The van der Waals surface area contributed by atoms with Gasteiger partial charge in [-0.1, -0.05) is 196 Å². The minimum absolute atomic E-state index is 0.0179. The largest absolute Gasteiger partial charge is 0.396 e. The van der Waals surface area contributed by atoms with Crippen LogP contribution in [0.1, 0.15) is 299 Å². The number of aromatic nitrogens is 2. The minimum Gasteiger partial charge on any atom is -0.396 e. The SMILES string of the molecule is C#CC(=O)C(C)(C)C.C#CC(=O)NC(C)(C)C.C=C(C1=CCCC1)C(C)(C)C.C=C(C1=CCCCC1)C(C)(C)C.C=CC(=O)C(C)(C)C.C=CC(=O)N(CCC)C(C)(C)C.C=CC(=O)NC(C)(C)C.C=CS(=O)(=O)C(C)(C)C.C=CS(=O)(=O)NC(C)(C)C.CC(C)(C)C(=O)/C=C/CCO.CC(C)(C)c1ccnc(Cl)n1. The molecule has 0 bridgehead atoms. The molecule has 1 aromatic rings. The number of rotatable bonds is 13. The van der Waals surface area contributed by atoms with E-state index in [2.05, 4.69) is 159 Å². The summed E-state index contributed by atoms with van der Waals surface area (Å²) >= 11 is 5.63. The summed E-state index contributed by atoms with van der Waals surface area (Å²) in [7, 11) is -6.34. The summed E-state index contributed by atoms with van der Waals surface area (Å²) in [4.78, 5) is 74.7. The highest BCUT2D eigenvalue weighted by Crippen LogP contribution is 2.36. The Kier molecular flexibility index (Phi) is 58.3. The summed E-state index contributed by atoms with van der Waals surface area (Å²) in [5, 5.41) is 15.9. The monoisotopic (exact) mass is 1600 g/mol. The molecule has 0 atom stereocenters. The highest BCUT2D eigenvalue weighted by molar-refractivity contribution is 7.95. The molecule has 1 aromatic heterocycles. The third-order valence-corrected chi connectivity index (χ3v) is 17.8. The van der Waals surface area contributed by atoms with Crippen molar-refractivity contribution in [1.82, 2.24) is 30.2 Å². The number of Topliss-reactive ketones (excluding diaryl/α,β-unsaturated/α-hetero) is 1. The maximum Gasteiger partial charge on any atom is 0.296 e. The molecular formula is C90H155ClN6O11S2. The first-order valence-electron chi connectivity index (χ1n) is 37.4. The van der Waals surface area contributed by atoms with E-state index in [1.807, 2.05) is 121 Å². The number of carbonyl (C=O) groups is 6. The number of aliphatic hydroxyl groups is 1. The molecule has 0 saturated carbocycles. The zero-order chi connectivity index (χ0) is 89.5. The van der Waals surface area contributed by atoms with Crippen molar-refractivity contribution in [3.8, 4) is 24.7 Å². The van der Waals surface area contributed by atoms with Crippen LogP contribution in [0.15, 0.2) is 134 Å². The van der Waals surface area contributed by atoms with Gasteiger partial charge in [-0.25, -0.2) is 31.5 Å². The van der Waals surface area contributed by atoms with Gasteiger partial charge >= 0.3 is 0 Å². The number of sulfone groups is 1. The number of amides is 3. The van der Waals surface area contributed by atoms with Gasteiger partial charge in [0.05, 0.1) is 10.4 Å². The molecule has 0 aliphatic heterocycles. The molecule has 4 N–H and O–H groups in total. The van der Waals surface area contributed by atoms with Crippen molar-refractivity contribution < 1.29 is 50.7 Å². The molecule has 17 nitrogen and oxygen atoms in total. The maximum absolute atomic E-state index is 11.4. The van der Waals surface area contributed by atoms with Crippen molar-refractivity contribution in [1.29, 1.82) is 0 Å². The van der Waals surface area contributed by atoms with Crippen molar-refractivity contribution in [3.05, 3.63) is 145 Å². The van der Waals surface area contributed by atoms with Crippen LogP contribution in [0.2, 0.25) is 5.28 Å². The molecule has 2 aliphatic carbocycles. The molecule has 20 heteroatoms. The number of aliphatic hydroxyl groups excluding tert-OH is 1. The van der Waals surface area contributed by atoms with E-state index in [0.717, 1.165) is 29.5 Å². The summed E-state index contributed by atoms with van der Waals surface area (Å²) < 4.78 is 45.1. The van der Waals surface area contributed by atoms with E-state index in [4.69, 9.17) is 29.6 Å². The number of halogens is 1. The lowest BCUT2D eigenvalue weighted by molar-refractivity contribution is -0.130. The van der Waals surface area contributed by atoms with Crippen LogP contribution in [0.25, 0.3) is 0 Å². The van der Waals surface area contributed by atoms with Gasteiger partial charge in [0, 0.05) is 74.0 Å². The number of allylic oxidation sites excluding steroid dienone is 8. The van der Waals surface area contributed by atoms with Crippen molar-refractivity contribution in [2.24, 2.45) is 27.1 Å². The molecule has 110 heavy (non-hydrogen) atoms. The minimum atomic E-state index is -3.26. The normalized spacial score (nSPS) is 13.0. The Bertz CT molecular complexity index is 3480. The highest BCUT2D eigenvalue weighted by Gasteiger charge is 2.27. The molecule has 0 unspecified atom stereocenters. The lowest BCUT2D eigenvalue weighted by atomic mass is 9.79. The van der Waals surface area contributed by atoms with E-state index < -0.39 is 30.1 Å². The van der Waals surface area contributed by atoms with Gasteiger partial charge in [0.2, 0.25) is 32.9 Å². The number of sulfonamides is 1. The predicted molar refractivity (Wildman–Crippen MR) is 472 cm³/mol. The fourth-order valence-electron chi connectivity index (χ4n) is 7.44. The Balaban J connectivity index is -0.000000174. The van der Waals surface area contributed by atoms with Gasteiger partial charge < -0.3 is 20.6 Å². The molecule has 2 aliphatic rings. The lowest BCUT2D eigenvalue weighted by Gasteiger charge is -2.34. The van der Waals surface area contributed by atoms with Crippen LogP contribution in [-0.4, -0.2) is 112 Å². The van der Waals surface area contributed by atoms with Crippen LogP contribution in [0.4, 0.5) is 0 Å².